The SMILES string of the molecule is N#Cc1ccc(-c2cc(CN=C(N)NS(=O)(=O)c3ccccc3)cnc2-c2ccc(Cl)cc2)cc1. The number of hydrogen-bond donors (Lipinski definition) is 2. The van der Waals surface area contributed by atoms with Gasteiger partial charge in [-0.25, -0.2) is 18.1 Å². The summed E-state index contributed by atoms with van der Waals surface area (Å²) in [5.74, 6) is -0.226. The fraction of sp³-hybridized carbons (Fsp3) is 0.0385. The molecule has 1 heterocycles. The van der Waals surface area contributed by atoms with Crippen LogP contribution in [-0.4, -0.2) is 19.4 Å². The summed E-state index contributed by atoms with van der Waals surface area (Å²) in [5.41, 5.74) is 10.4. The molecule has 0 aliphatic heterocycles. The van der Waals surface area contributed by atoms with E-state index in [9.17, 15) is 8.42 Å². The van der Waals surface area contributed by atoms with Crippen molar-refractivity contribution < 1.29 is 8.42 Å². The smallest absolute Gasteiger partial charge is 0.264 e. The highest BCUT2D eigenvalue weighted by Crippen LogP contribution is 2.32. The number of sulfonamides is 1. The standard InChI is InChI=1S/C26H20ClN5O2S/c27-22-12-10-21(11-13-22)25-24(20-8-6-18(15-28)7-9-20)14-19(16-30-25)17-31-26(29)32-35(33,34)23-4-2-1-3-5-23/h1-14,16H,17H2,(H3,29,31,32). The lowest BCUT2D eigenvalue weighted by Crippen LogP contribution is -2.36. The van der Waals surface area contributed by atoms with E-state index >= 15 is 0 Å². The van der Waals surface area contributed by atoms with Gasteiger partial charge in [-0.2, -0.15) is 5.26 Å². The van der Waals surface area contributed by atoms with Crippen LogP contribution in [0.5, 0.6) is 0 Å². The summed E-state index contributed by atoms with van der Waals surface area (Å²) in [6.45, 7) is 0.111. The molecule has 0 aliphatic carbocycles. The molecule has 0 saturated carbocycles. The molecule has 0 atom stereocenters. The van der Waals surface area contributed by atoms with E-state index in [-0.39, 0.29) is 17.4 Å². The number of nitrogens with two attached hydrogens (primary N) is 1. The molecule has 0 fully saturated rings. The van der Waals surface area contributed by atoms with Crippen LogP contribution in [-0.2, 0) is 16.6 Å². The molecular formula is C26H20ClN5O2S. The molecule has 1 aromatic heterocycles. The Kier molecular flexibility index (Phi) is 7.11. The summed E-state index contributed by atoms with van der Waals surface area (Å²) in [4.78, 5) is 8.92. The van der Waals surface area contributed by atoms with E-state index in [4.69, 9.17) is 22.6 Å². The van der Waals surface area contributed by atoms with Gasteiger partial charge >= 0.3 is 0 Å². The van der Waals surface area contributed by atoms with Crippen molar-refractivity contribution in [2.75, 3.05) is 0 Å². The van der Waals surface area contributed by atoms with Crippen LogP contribution in [0.3, 0.4) is 0 Å². The molecule has 4 rings (SSSR count). The normalized spacial score (nSPS) is 11.6. The zero-order valence-electron chi connectivity index (χ0n) is 18.4. The van der Waals surface area contributed by atoms with Crippen LogP contribution < -0.4 is 10.5 Å². The zero-order chi connectivity index (χ0) is 24.8. The van der Waals surface area contributed by atoms with Gasteiger partial charge in [0.05, 0.1) is 28.8 Å². The lowest BCUT2D eigenvalue weighted by Gasteiger charge is -2.12. The Bertz CT molecular complexity index is 1510. The molecule has 3 aromatic carbocycles. The zero-order valence-corrected chi connectivity index (χ0v) is 20.0. The van der Waals surface area contributed by atoms with Crippen LogP contribution in [0.15, 0.2) is 101 Å². The molecule has 0 bridgehead atoms. The molecule has 0 saturated heterocycles. The van der Waals surface area contributed by atoms with Gasteiger partial charge in [0.1, 0.15) is 0 Å². The first-order valence-electron chi connectivity index (χ1n) is 10.5. The molecule has 9 heteroatoms. The largest absolute Gasteiger partial charge is 0.369 e. The van der Waals surface area contributed by atoms with Gasteiger partial charge in [0.2, 0.25) is 5.96 Å². The summed E-state index contributed by atoms with van der Waals surface area (Å²) >= 11 is 6.04. The Labute approximate surface area is 208 Å². The van der Waals surface area contributed by atoms with Crippen LogP contribution in [0.4, 0.5) is 0 Å². The van der Waals surface area contributed by atoms with E-state index in [2.05, 4.69) is 20.8 Å². The van der Waals surface area contributed by atoms with Gasteiger partial charge in [-0.05, 0) is 53.6 Å². The third kappa shape index (κ3) is 5.84. The molecule has 0 spiro atoms. The summed E-state index contributed by atoms with van der Waals surface area (Å²) in [6.07, 6.45) is 1.67. The van der Waals surface area contributed by atoms with Crippen molar-refractivity contribution in [1.29, 1.82) is 5.26 Å². The monoisotopic (exact) mass is 501 g/mol. The summed E-state index contributed by atoms with van der Waals surface area (Å²) in [6, 6.07) is 26.5. The Balaban J connectivity index is 1.64. The number of pyridine rings is 1. The Morgan fingerprint density at radius 1 is 1.00 bits per heavy atom. The van der Waals surface area contributed by atoms with E-state index in [0.29, 0.717) is 10.6 Å². The van der Waals surface area contributed by atoms with Crippen LogP contribution in [0, 0.1) is 11.3 Å². The maximum atomic E-state index is 12.5. The topological polar surface area (TPSA) is 121 Å². The number of aliphatic imine (C=N–C) groups is 1. The summed E-state index contributed by atoms with van der Waals surface area (Å²) < 4.78 is 27.2. The highest BCUT2D eigenvalue weighted by atomic mass is 35.5. The molecule has 0 aliphatic rings. The number of nitrogens with one attached hydrogen (secondary N) is 1. The minimum atomic E-state index is -3.83. The maximum absolute atomic E-state index is 12.5. The number of nitrogens with zero attached hydrogens (tertiary/aromatic N) is 3. The van der Waals surface area contributed by atoms with Crippen molar-refractivity contribution in [3.05, 3.63) is 107 Å². The Hall–Kier alpha value is -4.19. The average Bonchev–Trinajstić information content (AvgIpc) is 2.88. The molecule has 35 heavy (non-hydrogen) atoms. The van der Waals surface area contributed by atoms with Gasteiger partial charge in [0.15, 0.2) is 0 Å². The van der Waals surface area contributed by atoms with E-state index in [1.165, 1.54) is 12.1 Å². The lowest BCUT2D eigenvalue weighted by molar-refractivity contribution is 0.592. The van der Waals surface area contributed by atoms with Crippen molar-refractivity contribution in [1.82, 2.24) is 9.71 Å². The quantitative estimate of drug-likeness (QED) is 0.292. The predicted molar refractivity (Wildman–Crippen MR) is 137 cm³/mol. The molecule has 3 N–H and O–H groups in total. The van der Waals surface area contributed by atoms with Crippen LogP contribution in [0.1, 0.15) is 11.1 Å². The molecule has 0 amide bonds. The number of halogens is 1. The van der Waals surface area contributed by atoms with Crippen molar-refractivity contribution in [2.24, 2.45) is 10.7 Å². The fourth-order valence-electron chi connectivity index (χ4n) is 3.38. The van der Waals surface area contributed by atoms with Crippen LogP contribution in [0.2, 0.25) is 5.02 Å². The van der Waals surface area contributed by atoms with Gasteiger partial charge in [-0.3, -0.25) is 4.98 Å². The first-order valence-corrected chi connectivity index (χ1v) is 12.3. The van der Waals surface area contributed by atoms with Gasteiger partial charge in [0, 0.05) is 22.3 Å². The Morgan fingerprint density at radius 2 is 1.66 bits per heavy atom. The van der Waals surface area contributed by atoms with E-state index in [1.54, 1.807) is 48.7 Å². The second-order valence-electron chi connectivity index (χ2n) is 7.56. The van der Waals surface area contributed by atoms with Crippen LogP contribution in [0.25, 0.3) is 22.4 Å². The molecule has 174 valence electrons. The van der Waals surface area contributed by atoms with Crippen molar-refractivity contribution in [3.63, 3.8) is 0 Å². The van der Waals surface area contributed by atoms with Crippen molar-refractivity contribution >= 4 is 27.6 Å². The second kappa shape index (κ2) is 10.4. The Morgan fingerprint density at radius 3 is 2.31 bits per heavy atom. The molecule has 4 aromatic rings. The van der Waals surface area contributed by atoms with Gasteiger partial charge in [0.25, 0.3) is 10.0 Å². The number of rotatable bonds is 6. The summed E-state index contributed by atoms with van der Waals surface area (Å²) in [7, 11) is -3.83. The second-order valence-corrected chi connectivity index (χ2v) is 9.67. The number of nitriles is 1. The van der Waals surface area contributed by atoms with E-state index in [1.807, 2.05) is 30.3 Å². The predicted octanol–water partition coefficient (Wildman–Crippen LogP) is 4.73. The maximum Gasteiger partial charge on any atom is 0.264 e. The highest BCUT2D eigenvalue weighted by molar-refractivity contribution is 7.90. The molecular weight excluding hydrogens is 482 g/mol. The third-order valence-electron chi connectivity index (χ3n) is 5.11. The fourth-order valence-corrected chi connectivity index (χ4v) is 4.48. The van der Waals surface area contributed by atoms with Gasteiger partial charge in [-0.15, -0.1) is 0 Å². The first kappa shape index (κ1) is 24.0. The number of benzene rings is 3. The molecule has 0 radical (unpaired) electrons. The van der Waals surface area contributed by atoms with Gasteiger partial charge in [-0.1, -0.05) is 54.1 Å². The number of guanidine groups is 1. The average molecular weight is 502 g/mol. The minimum Gasteiger partial charge on any atom is -0.369 e. The summed E-state index contributed by atoms with van der Waals surface area (Å²) in [5, 5.41) is 9.75. The molecule has 7 nitrogen and oxygen atoms in total. The van der Waals surface area contributed by atoms with E-state index in [0.717, 1.165) is 27.9 Å². The molecule has 0 unspecified atom stereocenters. The van der Waals surface area contributed by atoms with Crippen molar-refractivity contribution in [3.8, 4) is 28.5 Å². The number of hydrogen-bond acceptors (Lipinski definition) is 5. The van der Waals surface area contributed by atoms with Gasteiger partial charge < -0.3 is 5.73 Å². The third-order valence-corrected chi connectivity index (χ3v) is 6.73. The van der Waals surface area contributed by atoms with E-state index < -0.39 is 10.0 Å². The van der Waals surface area contributed by atoms with Crippen LogP contribution >= 0.6 is 11.6 Å². The minimum absolute atomic E-state index is 0.0928. The lowest BCUT2D eigenvalue weighted by atomic mass is 9.97. The highest BCUT2D eigenvalue weighted by Gasteiger charge is 2.15. The van der Waals surface area contributed by atoms with Crippen molar-refractivity contribution in [2.45, 2.75) is 11.4 Å². The number of aromatic nitrogens is 1. The first-order chi connectivity index (χ1) is 16.9.